The maximum Gasteiger partial charge on any atom is 0.259 e. The molecule has 0 saturated heterocycles. The highest BCUT2D eigenvalue weighted by Crippen LogP contribution is 2.40. The van der Waals surface area contributed by atoms with Crippen molar-refractivity contribution in [3.05, 3.63) is 111 Å². The van der Waals surface area contributed by atoms with E-state index in [1.807, 2.05) is 48.5 Å². The molecule has 1 aromatic heterocycles. The molecule has 0 saturated carbocycles. The quantitative estimate of drug-likeness (QED) is 0.251. The van der Waals surface area contributed by atoms with Crippen LogP contribution >= 0.6 is 22.9 Å². The number of nitrogens with one attached hydrogen (secondary N) is 1. The molecule has 7 heteroatoms. The monoisotopic (exact) mass is 525 g/mol. The topological polar surface area (TPSA) is 74.5 Å². The zero-order valence-electron chi connectivity index (χ0n) is 20.0. The first-order valence-electron chi connectivity index (χ1n) is 12.1. The summed E-state index contributed by atoms with van der Waals surface area (Å²) in [5, 5.41) is 13.3. The number of rotatable bonds is 7. The van der Waals surface area contributed by atoms with E-state index in [1.54, 1.807) is 41.8 Å². The fourth-order valence-corrected chi connectivity index (χ4v) is 5.72. The normalized spacial score (nSPS) is 12.6. The fraction of sp³-hybridized carbons (Fsp3) is 0.167. The molecule has 0 atom stereocenters. The molecule has 184 valence electrons. The van der Waals surface area contributed by atoms with Gasteiger partial charge in [-0.1, -0.05) is 41.9 Å². The number of nitrogens with zero attached hydrogens (tertiary/aromatic N) is 2. The predicted molar refractivity (Wildman–Crippen MR) is 150 cm³/mol. The van der Waals surface area contributed by atoms with Crippen LogP contribution in [0.2, 0.25) is 5.02 Å². The second-order valence-electron chi connectivity index (χ2n) is 8.75. The Morgan fingerprint density at radius 1 is 1.08 bits per heavy atom. The molecule has 1 amide bonds. The second kappa shape index (κ2) is 11.4. The minimum Gasteiger partial charge on any atom is -0.488 e. The number of aryl methyl sites for hydroxylation is 1. The van der Waals surface area contributed by atoms with Gasteiger partial charge in [0.25, 0.3) is 5.91 Å². The molecule has 1 aliphatic rings. The first-order valence-corrected chi connectivity index (χ1v) is 13.3. The number of halogens is 1. The van der Waals surface area contributed by atoms with E-state index >= 15 is 0 Å². The number of thiophene rings is 1. The number of hydrogen-bond donors (Lipinski definition) is 1. The Morgan fingerprint density at radius 2 is 1.86 bits per heavy atom. The molecule has 0 bridgehead atoms. The third-order valence-electron chi connectivity index (χ3n) is 6.18. The summed E-state index contributed by atoms with van der Waals surface area (Å²) in [5.74, 6) is 0.496. The number of carbonyl (C=O) groups is 1. The van der Waals surface area contributed by atoms with Crippen molar-refractivity contribution in [2.75, 3.05) is 5.32 Å². The Hall–Kier alpha value is -3.92. The van der Waals surface area contributed by atoms with Crippen LogP contribution in [0.15, 0.2) is 77.8 Å². The Bertz CT molecular complexity index is 1490. The average Bonchev–Trinajstić information content (AvgIpc) is 3.31. The van der Waals surface area contributed by atoms with Crippen LogP contribution in [0.1, 0.15) is 50.3 Å². The van der Waals surface area contributed by atoms with Gasteiger partial charge in [0.05, 0.1) is 17.2 Å². The molecule has 3 aromatic carbocycles. The Labute approximate surface area is 225 Å². The van der Waals surface area contributed by atoms with Crippen LogP contribution in [0.3, 0.4) is 0 Å². The standard InChI is InChI=1S/C30H24ClN3O2S/c31-23-14-15-26(36-19-21-12-10-20(17-32)11-13-21)22(16-23)18-33-30-28(25-8-4-5-9-27(25)37-30)29(35)34-24-6-2-1-3-7-24/h1-3,6-7,10-16,18H,4-5,8-9,19H2,(H,34,35). The molecule has 5 rings (SSSR count). The highest BCUT2D eigenvalue weighted by molar-refractivity contribution is 7.16. The van der Waals surface area contributed by atoms with Crippen molar-refractivity contribution in [1.29, 1.82) is 5.26 Å². The Morgan fingerprint density at radius 3 is 2.65 bits per heavy atom. The summed E-state index contributed by atoms with van der Waals surface area (Å²) >= 11 is 7.88. The SMILES string of the molecule is N#Cc1ccc(COc2ccc(Cl)cc2C=Nc2sc3c(c2C(=O)Nc2ccccc2)CCCC3)cc1. The number of ether oxygens (including phenoxy) is 1. The number of para-hydroxylation sites is 1. The van der Waals surface area contributed by atoms with Crippen LogP contribution in [0.25, 0.3) is 0 Å². The van der Waals surface area contributed by atoms with E-state index in [2.05, 4.69) is 11.4 Å². The number of benzene rings is 3. The molecule has 1 heterocycles. The van der Waals surface area contributed by atoms with Gasteiger partial charge in [0.15, 0.2) is 0 Å². The number of carbonyl (C=O) groups excluding carboxylic acids is 1. The summed E-state index contributed by atoms with van der Waals surface area (Å²) in [6, 6.07) is 24.3. The molecule has 37 heavy (non-hydrogen) atoms. The molecule has 1 N–H and O–H groups in total. The van der Waals surface area contributed by atoms with Gasteiger partial charge in [-0.25, -0.2) is 4.99 Å². The zero-order chi connectivity index (χ0) is 25.6. The van der Waals surface area contributed by atoms with Crippen LogP contribution < -0.4 is 10.1 Å². The van der Waals surface area contributed by atoms with Gasteiger partial charge in [0, 0.05) is 27.4 Å². The smallest absolute Gasteiger partial charge is 0.259 e. The summed E-state index contributed by atoms with van der Waals surface area (Å²) in [4.78, 5) is 19.4. The maximum absolute atomic E-state index is 13.4. The lowest BCUT2D eigenvalue weighted by Gasteiger charge is -2.13. The zero-order valence-corrected chi connectivity index (χ0v) is 21.6. The molecule has 0 radical (unpaired) electrons. The van der Waals surface area contributed by atoms with Crippen molar-refractivity contribution in [2.24, 2.45) is 4.99 Å². The lowest BCUT2D eigenvalue weighted by molar-refractivity contribution is 0.102. The summed E-state index contributed by atoms with van der Waals surface area (Å²) in [6.07, 6.45) is 5.76. The molecular weight excluding hydrogens is 502 g/mol. The van der Waals surface area contributed by atoms with E-state index in [4.69, 9.17) is 26.6 Å². The molecule has 1 aliphatic carbocycles. The first-order chi connectivity index (χ1) is 18.1. The third-order valence-corrected chi connectivity index (χ3v) is 7.62. The molecular formula is C30H24ClN3O2S. The van der Waals surface area contributed by atoms with Gasteiger partial charge >= 0.3 is 0 Å². The summed E-state index contributed by atoms with van der Waals surface area (Å²) < 4.78 is 6.07. The van der Waals surface area contributed by atoms with E-state index in [1.165, 1.54) is 4.88 Å². The lowest BCUT2D eigenvalue weighted by atomic mass is 9.95. The van der Waals surface area contributed by atoms with Crippen LogP contribution in [0, 0.1) is 11.3 Å². The minimum absolute atomic E-state index is 0.138. The minimum atomic E-state index is -0.138. The van der Waals surface area contributed by atoms with Gasteiger partial charge in [0.1, 0.15) is 17.4 Å². The van der Waals surface area contributed by atoms with Gasteiger partial charge < -0.3 is 10.1 Å². The van der Waals surface area contributed by atoms with Gasteiger partial charge in [-0.05, 0) is 79.3 Å². The van der Waals surface area contributed by atoms with E-state index < -0.39 is 0 Å². The van der Waals surface area contributed by atoms with Crippen molar-refractivity contribution < 1.29 is 9.53 Å². The van der Waals surface area contributed by atoms with Crippen LogP contribution in [-0.2, 0) is 19.4 Å². The Balaban J connectivity index is 1.42. The molecule has 0 spiro atoms. The third kappa shape index (κ3) is 5.91. The summed E-state index contributed by atoms with van der Waals surface area (Å²) in [6.45, 7) is 0.339. The highest BCUT2D eigenvalue weighted by Gasteiger charge is 2.25. The van der Waals surface area contributed by atoms with E-state index in [0.29, 0.717) is 33.5 Å². The van der Waals surface area contributed by atoms with Crippen molar-refractivity contribution >= 4 is 45.7 Å². The van der Waals surface area contributed by atoms with E-state index in [0.717, 1.165) is 48.1 Å². The van der Waals surface area contributed by atoms with Crippen molar-refractivity contribution in [3.63, 3.8) is 0 Å². The fourth-order valence-electron chi connectivity index (χ4n) is 4.31. The largest absolute Gasteiger partial charge is 0.488 e. The highest BCUT2D eigenvalue weighted by atomic mass is 35.5. The van der Waals surface area contributed by atoms with Crippen molar-refractivity contribution in [1.82, 2.24) is 0 Å². The molecule has 0 aliphatic heterocycles. The molecule has 0 fully saturated rings. The van der Waals surface area contributed by atoms with Crippen LogP contribution in [0.5, 0.6) is 5.75 Å². The number of amides is 1. The number of nitriles is 1. The lowest BCUT2D eigenvalue weighted by Crippen LogP contribution is -2.14. The second-order valence-corrected chi connectivity index (χ2v) is 10.3. The Kier molecular flexibility index (Phi) is 7.65. The van der Waals surface area contributed by atoms with E-state index in [9.17, 15) is 4.79 Å². The average molecular weight is 526 g/mol. The molecule has 5 nitrogen and oxygen atoms in total. The van der Waals surface area contributed by atoms with Gasteiger partial charge in [-0.3, -0.25) is 4.79 Å². The van der Waals surface area contributed by atoms with Crippen molar-refractivity contribution in [2.45, 2.75) is 32.3 Å². The number of hydrogen-bond acceptors (Lipinski definition) is 5. The van der Waals surface area contributed by atoms with Gasteiger partial charge in [0.2, 0.25) is 0 Å². The maximum atomic E-state index is 13.4. The summed E-state index contributed by atoms with van der Waals surface area (Å²) in [7, 11) is 0. The van der Waals surface area contributed by atoms with Crippen molar-refractivity contribution in [3.8, 4) is 11.8 Å². The molecule has 0 unspecified atom stereocenters. The number of anilines is 1. The van der Waals surface area contributed by atoms with Gasteiger partial charge in [-0.15, -0.1) is 11.3 Å². The first kappa shape index (κ1) is 24.8. The molecule has 4 aromatic rings. The summed E-state index contributed by atoms with van der Waals surface area (Å²) in [5.41, 5.74) is 4.80. The predicted octanol–water partition coefficient (Wildman–Crippen LogP) is 7.73. The van der Waals surface area contributed by atoms with Gasteiger partial charge in [-0.2, -0.15) is 5.26 Å². The van der Waals surface area contributed by atoms with Crippen LogP contribution in [0.4, 0.5) is 10.7 Å². The van der Waals surface area contributed by atoms with Crippen LogP contribution in [-0.4, -0.2) is 12.1 Å². The van der Waals surface area contributed by atoms with E-state index in [-0.39, 0.29) is 5.91 Å². The number of aliphatic imine (C=N–C) groups is 1. The number of fused-ring (bicyclic) bond motifs is 1.